The summed E-state index contributed by atoms with van der Waals surface area (Å²) in [5.74, 6) is 1.38. The molecule has 6 nitrogen and oxygen atoms in total. The fourth-order valence-electron chi connectivity index (χ4n) is 1.52. The van der Waals surface area contributed by atoms with Gasteiger partial charge in [-0.2, -0.15) is 0 Å². The molecule has 0 aliphatic rings. The van der Waals surface area contributed by atoms with Crippen LogP contribution in [0.4, 0.5) is 5.82 Å². The van der Waals surface area contributed by atoms with E-state index in [-0.39, 0.29) is 0 Å². The Balaban J connectivity index is 2.27. The minimum absolute atomic E-state index is 0.656. The third kappa shape index (κ3) is 3.17. The van der Waals surface area contributed by atoms with Crippen molar-refractivity contribution in [2.75, 3.05) is 19.0 Å². The highest BCUT2D eigenvalue weighted by Gasteiger charge is 2.14. The first-order valence-electron chi connectivity index (χ1n) is 6.04. The Labute approximate surface area is 116 Å². The molecule has 2 aromatic heterocycles. The lowest BCUT2D eigenvalue weighted by Gasteiger charge is -2.12. The lowest BCUT2D eigenvalue weighted by atomic mass is 10.4. The van der Waals surface area contributed by atoms with Crippen LogP contribution in [0.5, 0.6) is 5.75 Å². The summed E-state index contributed by atoms with van der Waals surface area (Å²) in [5.41, 5.74) is 0. The first-order chi connectivity index (χ1) is 9.26. The first-order valence-corrected chi connectivity index (χ1v) is 6.86. The van der Waals surface area contributed by atoms with E-state index in [0.717, 1.165) is 29.0 Å². The zero-order valence-electron chi connectivity index (χ0n) is 11.3. The zero-order chi connectivity index (χ0) is 13.7. The van der Waals surface area contributed by atoms with Crippen LogP contribution in [0.25, 0.3) is 0 Å². The minimum Gasteiger partial charge on any atom is -0.490 e. The molecule has 102 valence electrons. The summed E-state index contributed by atoms with van der Waals surface area (Å²) in [5, 5.41) is 4.85. The lowest BCUT2D eigenvalue weighted by Crippen LogP contribution is -2.05. The van der Waals surface area contributed by atoms with Crippen LogP contribution < -0.4 is 10.1 Å². The van der Waals surface area contributed by atoms with E-state index < -0.39 is 0 Å². The van der Waals surface area contributed by atoms with Crippen LogP contribution in [0.2, 0.25) is 0 Å². The van der Waals surface area contributed by atoms with Crippen LogP contribution in [-0.4, -0.2) is 33.2 Å². The maximum Gasteiger partial charge on any atom is 0.194 e. The van der Waals surface area contributed by atoms with Crippen LogP contribution in [0.3, 0.4) is 0 Å². The van der Waals surface area contributed by atoms with E-state index >= 15 is 0 Å². The number of hydrogen-bond acceptors (Lipinski definition) is 6. The molecule has 2 rings (SSSR count). The van der Waals surface area contributed by atoms with E-state index in [2.05, 4.69) is 27.2 Å². The topological polar surface area (TPSA) is 64.9 Å². The van der Waals surface area contributed by atoms with Crippen LogP contribution in [0.15, 0.2) is 28.9 Å². The maximum absolute atomic E-state index is 5.42. The van der Waals surface area contributed by atoms with Gasteiger partial charge in [-0.3, -0.25) is 0 Å². The van der Waals surface area contributed by atoms with Gasteiger partial charge in [-0.15, -0.1) is 0 Å². The van der Waals surface area contributed by atoms with Crippen molar-refractivity contribution in [3.63, 3.8) is 0 Å². The Morgan fingerprint density at radius 1 is 1.37 bits per heavy atom. The Morgan fingerprint density at radius 3 is 2.84 bits per heavy atom. The van der Waals surface area contributed by atoms with Gasteiger partial charge in [-0.1, -0.05) is 6.92 Å². The van der Waals surface area contributed by atoms with Gasteiger partial charge in [0.25, 0.3) is 0 Å². The number of aromatic nitrogens is 4. The average Bonchev–Trinajstić information content (AvgIpc) is 2.82. The summed E-state index contributed by atoms with van der Waals surface area (Å²) in [6.45, 7) is 2.95. The van der Waals surface area contributed by atoms with Crippen LogP contribution in [-0.2, 0) is 7.05 Å². The monoisotopic (exact) mass is 279 g/mol. The molecule has 0 fully saturated rings. The number of rotatable bonds is 6. The van der Waals surface area contributed by atoms with Gasteiger partial charge >= 0.3 is 0 Å². The Hall–Kier alpha value is -1.76. The molecule has 2 heterocycles. The van der Waals surface area contributed by atoms with Crippen molar-refractivity contribution in [2.45, 2.75) is 23.5 Å². The Morgan fingerprint density at radius 2 is 2.21 bits per heavy atom. The number of anilines is 1. The van der Waals surface area contributed by atoms with Gasteiger partial charge < -0.3 is 14.6 Å². The van der Waals surface area contributed by atoms with E-state index in [0.29, 0.717) is 5.75 Å². The largest absolute Gasteiger partial charge is 0.490 e. The molecule has 0 aromatic carbocycles. The SMILES string of the molecule is CCCNc1ncnc(Sc2nccn2C)c1OC. The van der Waals surface area contributed by atoms with Crippen molar-refractivity contribution < 1.29 is 4.74 Å². The second-order valence-corrected chi connectivity index (χ2v) is 4.87. The van der Waals surface area contributed by atoms with Crippen LogP contribution in [0, 0.1) is 0 Å². The summed E-state index contributed by atoms with van der Waals surface area (Å²) in [4.78, 5) is 12.7. The molecular weight excluding hydrogens is 262 g/mol. The molecule has 0 amide bonds. The highest BCUT2D eigenvalue weighted by molar-refractivity contribution is 7.99. The van der Waals surface area contributed by atoms with Crippen molar-refractivity contribution in [3.05, 3.63) is 18.7 Å². The Bertz CT molecular complexity index is 543. The van der Waals surface area contributed by atoms with Gasteiger partial charge in [0.2, 0.25) is 0 Å². The molecule has 7 heteroatoms. The number of nitrogens with one attached hydrogen (secondary N) is 1. The number of methoxy groups -OCH3 is 1. The predicted octanol–water partition coefficient (Wildman–Crippen LogP) is 2.19. The molecular formula is C12H17N5OS. The molecule has 0 bridgehead atoms. The van der Waals surface area contributed by atoms with Crippen molar-refractivity contribution in [2.24, 2.45) is 7.05 Å². The molecule has 2 aromatic rings. The molecule has 1 N–H and O–H groups in total. The van der Waals surface area contributed by atoms with Crippen molar-refractivity contribution in [1.82, 2.24) is 19.5 Å². The van der Waals surface area contributed by atoms with Crippen molar-refractivity contribution in [3.8, 4) is 5.75 Å². The molecule has 0 saturated heterocycles. The van der Waals surface area contributed by atoms with E-state index in [4.69, 9.17) is 4.74 Å². The summed E-state index contributed by atoms with van der Waals surface area (Å²) < 4.78 is 7.35. The molecule has 0 aliphatic carbocycles. The smallest absolute Gasteiger partial charge is 0.194 e. The van der Waals surface area contributed by atoms with E-state index in [1.165, 1.54) is 18.1 Å². The standard InChI is InChI=1S/C12H17N5OS/c1-4-5-13-10-9(18-3)11(16-8-15-10)19-12-14-6-7-17(12)2/h6-8H,4-5H2,1-3H3,(H,13,15,16). The minimum atomic E-state index is 0.656. The number of nitrogens with zero attached hydrogens (tertiary/aromatic N) is 4. The van der Waals surface area contributed by atoms with Crippen LogP contribution in [0.1, 0.15) is 13.3 Å². The summed E-state index contributed by atoms with van der Waals surface area (Å²) in [6, 6.07) is 0. The molecule has 0 aliphatic heterocycles. The van der Waals surface area contributed by atoms with Gasteiger partial charge in [0.05, 0.1) is 7.11 Å². The third-order valence-electron chi connectivity index (χ3n) is 2.48. The second-order valence-electron chi connectivity index (χ2n) is 3.91. The number of aryl methyl sites for hydroxylation is 1. The summed E-state index contributed by atoms with van der Waals surface area (Å²) in [7, 11) is 3.57. The lowest BCUT2D eigenvalue weighted by molar-refractivity contribution is 0.400. The summed E-state index contributed by atoms with van der Waals surface area (Å²) >= 11 is 1.46. The Kier molecular flexibility index (Phi) is 4.62. The highest BCUT2D eigenvalue weighted by Crippen LogP contribution is 2.35. The van der Waals surface area contributed by atoms with E-state index in [1.54, 1.807) is 13.3 Å². The fourth-order valence-corrected chi connectivity index (χ4v) is 2.38. The van der Waals surface area contributed by atoms with Gasteiger partial charge in [0.1, 0.15) is 6.33 Å². The normalized spacial score (nSPS) is 10.5. The van der Waals surface area contributed by atoms with Crippen molar-refractivity contribution >= 4 is 17.6 Å². The fraction of sp³-hybridized carbons (Fsp3) is 0.417. The number of imidazole rings is 1. The third-order valence-corrected chi connectivity index (χ3v) is 3.54. The maximum atomic E-state index is 5.42. The molecule has 0 unspecified atom stereocenters. The van der Waals surface area contributed by atoms with Gasteiger partial charge in [0.15, 0.2) is 21.7 Å². The zero-order valence-corrected chi connectivity index (χ0v) is 12.1. The predicted molar refractivity (Wildman–Crippen MR) is 74.7 cm³/mol. The number of hydrogen-bond donors (Lipinski definition) is 1. The molecule has 0 spiro atoms. The van der Waals surface area contributed by atoms with Gasteiger partial charge in [0, 0.05) is 26.0 Å². The van der Waals surface area contributed by atoms with E-state index in [1.807, 2.05) is 17.8 Å². The van der Waals surface area contributed by atoms with Gasteiger partial charge in [-0.25, -0.2) is 15.0 Å². The highest BCUT2D eigenvalue weighted by atomic mass is 32.2. The van der Waals surface area contributed by atoms with Crippen LogP contribution >= 0.6 is 11.8 Å². The van der Waals surface area contributed by atoms with Crippen molar-refractivity contribution in [1.29, 1.82) is 0 Å². The molecule has 0 atom stereocenters. The second kappa shape index (κ2) is 6.42. The molecule has 0 radical (unpaired) electrons. The summed E-state index contributed by atoms with van der Waals surface area (Å²) in [6.07, 6.45) is 6.21. The number of ether oxygens (including phenoxy) is 1. The average molecular weight is 279 g/mol. The molecule has 0 saturated carbocycles. The molecule has 19 heavy (non-hydrogen) atoms. The first kappa shape index (κ1) is 13.7. The van der Waals surface area contributed by atoms with E-state index in [9.17, 15) is 0 Å². The van der Waals surface area contributed by atoms with Gasteiger partial charge in [-0.05, 0) is 18.2 Å². The quantitative estimate of drug-likeness (QED) is 0.818.